The number of hydrogen-bond donors (Lipinski definition) is 7. The molecule has 0 heterocycles. The molecule has 0 spiro atoms. The van der Waals surface area contributed by atoms with E-state index in [4.69, 9.17) is 82.8 Å². The monoisotopic (exact) mass is 1180 g/mol. The Labute approximate surface area is 489 Å². The molecule has 9 unspecified atom stereocenters. The van der Waals surface area contributed by atoms with Crippen LogP contribution < -0.4 is 49.6 Å². The number of ether oxygens (including phenoxy) is 9. The number of carbonyl (C=O) groups excluding carboxylic acids is 9. The van der Waals surface area contributed by atoms with Gasteiger partial charge in [-0.25, -0.2) is 9.59 Å². The normalized spacial score (nSPS) is 16.4. The van der Waals surface area contributed by atoms with Gasteiger partial charge in [0.05, 0.1) is 25.0 Å². The zero-order valence-corrected chi connectivity index (χ0v) is 50.5. The summed E-state index contributed by atoms with van der Waals surface area (Å²) in [6.45, 7) is 19.9. The Hall–Kier alpha value is -6.61. The lowest BCUT2D eigenvalue weighted by atomic mass is 9.95. The molecule has 0 aromatic heterocycles. The van der Waals surface area contributed by atoms with Gasteiger partial charge in [-0.3, -0.25) is 33.6 Å². The molecule has 1 aliphatic carbocycles. The van der Waals surface area contributed by atoms with Crippen LogP contribution in [0.3, 0.4) is 0 Å². The van der Waals surface area contributed by atoms with Gasteiger partial charge in [0, 0.05) is 0 Å². The van der Waals surface area contributed by atoms with Gasteiger partial charge in [0.15, 0.2) is 0 Å². The first kappa shape index (κ1) is 78.5. The van der Waals surface area contributed by atoms with Crippen molar-refractivity contribution in [2.24, 2.45) is 52.0 Å². The van der Waals surface area contributed by atoms with Gasteiger partial charge < -0.3 is 82.8 Å². The first-order chi connectivity index (χ1) is 39.0. The van der Waals surface area contributed by atoms with Crippen molar-refractivity contribution >= 4 is 53.7 Å². The summed E-state index contributed by atoms with van der Waals surface area (Å²) in [6, 6.07) is 11.2. The maximum atomic E-state index is 11.3. The van der Waals surface area contributed by atoms with E-state index in [1.807, 2.05) is 58.0 Å². The van der Waals surface area contributed by atoms with Gasteiger partial charge in [-0.05, 0) is 143 Å². The summed E-state index contributed by atoms with van der Waals surface area (Å²) in [5.74, 6) is -2.94. The van der Waals surface area contributed by atoms with Crippen molar-refractivity contribution in [3.63, 3.8) is 0 Å². The van der Waals surface area contributed by atoms with E-state index in [9.17, 15) is 43.2 Å². The topological polar surface area (TPSA) is 419 Å². The zero-order valence-electron chi connectivity index (χ0n) is 50.5. The van der Waals surface area contributed by atoms with Crippen molar-refractivity contribution in [2.45, 2.75) is 201 Å². The number of unbranched alkanes of at least 4 members (excludes halogenated alkanes) is 3. The molecule has 2 aromatic carbocycles. The molecule has 9 atom stereocenters. The molecule has 0 radical (unpaired) electrons. The lowest BCUT2D eigenvalue weighted by molar-refractivity contribution is -0.159. The summed E-state index contributed by atoms with van der Waals surface area (Å²) in [6.07, 6.45) is 7.46. The SMILES string of the molecule is CC(N)C(=O)OC1CCC(OC(=O)C(C)N)CC1.CC(N)C(=O)OCCCCCCOC(=O)C(C)N.CC(N)C(=O)OCc1ccccc1.CC(N)C(=O)Oc1ccc(OC(=O)C(C)N)cc1.CCC(C)C(=O)OCCOC(=O)C(C)CC. The van der Waals surface area contributed by atoms with Gasteiger partial charge in [0.25, 0.3) is 0 Å². The Balaban J connectivity index is 0. The second-order valence-corrected chi connectivity index (χ2v) is 19.9. The average Bonchev–Trinajstić information content (AvgIpc) is 3.47. The number of hydrogen-bond acceptors (Lipinski definition) is 25. The first-order valence-corrected chi connectivity index (χ1v) is 28.1. The summed E-state index contributed by atoms with van der Waals surface area (Å²) in [5, 5.41) is 0. The van der Waals surface area contributed by atoms with Crippen molar-refractivity contribution < 1.29 is 85.8 Å². The highest BCUT2D eigenvalue weighted by atomic mass is 16.6. The molecule has 0 saturated heterocycles. The highest BCUT2D eigenvalue weighted by molar-refractivity contribution is 5.79. The highest BCUT2D eigenvalue weighted by Gasteiger charge is 2.28. The van der Waals surface area contributed by atoms with E-state index < -0.39 is 54.2 Å². The molecular formula is C58H97N7O18. The molecular weight excluding hydrogens is 1080 g/mol. The predicted molar refractivity (Wildman–Crippen MR) is 309 cm³/mol. The molecule has 25 heteroatoms. The summed E-state index contributed by atoms with van der Waals surface area (Å²) in [7, 11) is 0. The van der Waals surface area contributed by atoms with E-state index in [1.165, 1.54) is 38.1 Å². The van der Waals surface area contributed by atoms with Crippen molar-refractivity contribution in [1.29, 1.82) is 0 Å². The van der Waals surface area contributed by atoms with Gasteiger partial charge in [-0.2, -0.15) is 0 Å². The third-order valence-electron chi connectivity index (χ3n) is 11.4. The van der Waals surface area contributed by atoms with Crippen LogP contribution in [-0.2, 0) is 82.9 Å². The van der Waals surface area contributed by atoms with Crippen LogP contribution in [0, 0.1) is 11.8 Å². The fraction of sp³-hybridized carbons (Fsp3) is 0.638. The minimum Gasteiger partial charge on any atom is -0.465 e. The molecule has 83 heavy (non-hydrogen) atoms. The molecule has 14 N–H and O–H groups in total. The van der Waals surface area contributed by atoms with E-state index in [2.05, 4.69) is 0 Å². The van der Waals surface area contributed by atoms with Crippen molar-refractivity contribution in [1.82, 2.24) is 0 Å². The predicted octanol–water partition coefficient (Wildman–Crippen LogP) is 3.84. The van der Waals surface area contributed by atoms with E-state index >= 15 is 0 Å². The highest BCUT2D eigenvalue weighted by Crippen LogP contribution is 2.24. The van der Waals surface area contributed by atoms with Crippen LogP contribution in [0.5, 0.6) is 11.5 Å². The zero-order chi connectivity index (χ0) is 63.6. The average molecular weight is 1180 g/mol. The Morgan fingerprint density at radius 1 is 0.373 bits per heavy atom. The Bertz CT molecular complexity index is 2050. The smallest absolute Gasteiger partial charge is 0.328 e. The van der Waals surface area contributed by atoms with Crippen LogP contribution in [0.4, 0.5) is 0 Å². The number of benzene rings is 2. The molecule has 1 saturated carbocycles. The summed E-state index contributed by atoms with van der Waals surface area (Å²) in [4.78, 5) is 101. The van der Waals surface area contributed by atoms with Gasteiger partial charge in [-0.15, -0.1) is 0 Å². The Morgan fingerprint density at radius 3 is 0.952 bits per heavy atom. The van der Waals surface area contributed by atoms with Crippen molar-refractivity contribution in [2.75, 3.05) is 26.4 Å². The second kappa shape index (κ2) is 45.8. The lowest BCUT2D eigenvalue weighted by Gasteiger charge is -2.28. The molecule has 0 bridgehead atoms. The standard InChI is InChI=1S/C12H22N2O4.C12H16N2O4.C12H24N2O4.C12H22O4.C10H13NO2/c2*1-7(13)11(15)17-9-3-5-10(6-4-9)18-12(16)8(2)14;1-9(13)11(15)17-7-5-3-4-6-8-18-12(16)10(2)14;1-5-9(3)11(13)15-7-8-16-12(14)10(4)6-2;1-8(11)10(12)13-7-9-5-3-2-4-6-9/h7-10H,3-6,13-14H2,1-2H3;3-8H,13-14H2,1-2H3;9-10H,3-8,13-14H2,1-2H3;9-10H,5-8H2,1-4H3;2-6,8H,7,11H2,1H3. The number of rotatable bonds is 27. The van der Waals surface area contributed by atoms with Gasteiger partial charge >= 0.3 is 53.7 Å². The van der Waals surface area contributed by atoms with Gasteiger partial charge in [0.2, 0.25) is 0 Å². The van der Waals surface area contributed by atoms with E-state index in [1.54, 1.807) is 34.6 Å². The molecule has 2 aromatic rings. The second-order valence-electron chi connectivity index (χ2n) is 19.9. The molecule has 1 aliphatic rings. The first-order valence-electron chi connectivity index (χ1n) is 28.1. The lowest BCUT2D eigenvalue weighted by Crippen LogP contribution is -2.37. The fourth-order valence-corrected chi connectivity index (χ4v) is 5.73. The van der Waals surface area contributed by atoms with Crippen molar-refractivity contribution in [3.05, 3.63) is 60.2 Å². The summed E-state index contributed by atoms with van der Waals surface area (Å²) >= 11 is 0. The molecule has 0 aliphatic heterocycles. The Kier molecular flexibility index (Phi) is 43.3. The largest absolute Gasteiger partial charge is 0.465 e. The maximum Gasteiger partial charge on any atom is 0.328 e. The van der Waals surface area contributed by atoms with Crippen LogP contribution >= 0.6 is 0 Å². The van der Waals surface area contributed by atoms with Crippen molar-refractivity contribution in [3.8, 4) is 11.5 Å². The Morgan fingerprint density at radius 2 is 0.663 bits per heavy atom. The van der Waals surface area contributed by atoms with E-state index in [0.29, 0.717) is 57.0 Å². The van der Waals surface area contributed by atoms with Crippen LogP contribution in [0.2, 0.25) is 0 Å². The van der Waals surface area contributed by atoms with Crippen LogP contribution in [0.25, 0.3) is 0 Å². The number of nitrogens with two attached hydrogens (primary N) is 7. The fourth-order valence-electron chi connectivity index (χ4n) is 5.73. The minimum atomic E-state index is -0.694. The molecule has 472 valence electrons. The third kappa shape index (κ3) is 40.3. The minimum absolute atomic E-state index is 0.0923. The maximum absolute atomic E-state index is 11.3. The van der Waals surface area contributed by atoms with E-state index in [0.717, 1.165) is 44.1 Å². The number of esters is 9. The summed E-state index contributed by atoms with van der Waals surface area (Å²) < 4.78 is 45.0. The molecule has 25 nitrogen and oxygen atoms in total. The quantitative estimate of drug-likeness (QED) is 0.0289. The number of carbonyl (C=O) groups is 9. The van der Waals surface area contributed by atoms with E-state index in [-0.39, 0.29) is 79.0 Å². The van der Waals surface area contributed by atoms with Crippen LogP contribution in [0.1, 0.15) is 146 Å². The third-order valence-corrected chi connectivity index (χ3v) is 11.4. The molecule has 0 amide bonds. The molecule has 3 rings (SSSR count). The molecule has 1 fully saturated rings. The van der Waals surface area contributed by atoms with Gasteiger partial charge in [0.1, 0.15) is 85.8 Å². The van der Waals surface area contributed by atoms with Gasteiger partial charge in [-0.1, -0.05) is 58.0 Å². The van der Waals surface area contributed by atoms with Crippen LogP contribution in [-0.4, -0.2) is 135 Å². The van der Waals surface area contributed by atoms with Crippen LogP contribution in [0.15, 0.2) is 54.6 Å². The summed E-state index contributed by atoms with van der Waals surface area (Å²) in [5.41, 5.74) is 38.5.